The van der Waals surface area contributed by atoms with E-state index in [1.807, 2.05) is 0 Å². The first kappa shape index (κ1) is 18.0. The topological polar surface area (TPSA) is 78.4 Å². The Morgan fingerprint density at radius 1 is 1.23 bits per heavy atom. The third kappa shape index (κ3) is 3.41. The highest BCUT2D eigenvalue weighted by Crippen LogP contribution is 2.13. The molecule has 2 heterocycles. The van der Waals surface area contributed by atoms with Crippen LogP contribution in [0, 0.1) is 12.3 Å². The van der Waals surface area contributed by atoms with Crippen LogP contribution in [0.5, 0.6) is 0 Å². The molecule has 1 saturated heterocycles. The van der Waals surface area contributed by atoms with Gasteiger partial charge in [0.25, 0.3) is 11.5 Å². The maximum Gasteiger partial charge on any atom is 0.328 e. The molecule has 1 aromatic heterocycles. The van der Waals surface area contributed by atoms with E-state index in [1.165, 1.54) is 0 Å². The largest absolute Gasteiger partial charge is 0.336 e. The number of aromatic amines is 1. The fourth-order valence-electron chi connectivity index (χ4n) is 3.25. The van der Waals surface area contributed by atoms with E-state index in [1.54, 1.807) is 30.0 Å². The minimum absolute atomic E-state index is 0.0935. The number of nitrogens with one attached hydrogen (secondary N) is 1. The van der Waals surface area contributed by atoms with E-state index in [-0.39, 0.29) is 11.5 Å². The number of amides is 1. The average molecular weight is 354 g/mol. The Bertz CT molecular complexity index is 975. The van der Waals surface area contributed by atoms with Gasteiger partial charge in [0, 0.05) is 51.3 Å². The molecule has 0 radical (unpaired) electrons. The van der Waals surface area contributed by atoms with Crippen LogP contribution in [0.3, 0.4) is 0 Å². The van der Waals surface area contributed by atoms with Gasteiger partial charge in [0.05, 0.1) is 10.9 Å². The Morgan fingerprint density at radius 3 is 2.62 bits per heavy atom. The van der Waals surface area contributed by atoms with Crippen molar-refractivity contribution in [2.45, 2.75) is 19.9 Å². The van der Waals surface area contributed by atoms with Crippen LogP contribution in [-0.4, -0.2) is 58.0 Å². The first-order chi connectivity index (χ1) is 12.5. The van der Waals surface area contributed by atoms with E-state index >= 15 is 0 Å². The number of carbonyl (C=O) groups is 1. The summed E-state index contributed by atoms with van der Waals surface area (Å²) in [5.74, 6) is 2.54. The van der Waals surface area contributed by atoms with Gasteiger partial charge in [0.1, 0.15) is 0 Å². The van der Waals surface area contributed by atoms with Gasteiger partial charge in [-0.2, -0.15) is 0 Å². The summed E-state index contributed by atoms with van der Waals surface area (Å²) >= 11 is 0. The van der Waals surface area contributed by atoms with Crippen molar-refractivity contribution in [2.24, 2.45) is 0 Å². The van der Waals surface area contributed by atoms with Crippen molar-refractivity contribution in [3.63, 3.8) is 0 Å². The smallest absolute Gasteiger partial charge is 0.328 e. The van der Waals surface area contributed by atoms with Gasteiger partial charge >= 0.3 is 5.69 Å². The zero-order valence-corrected chi connectivity index (χ0v) is 14.8. The summed E-state index contributed by atoms with van der Waals surface area (Å²) < 4.78 is 1.14. The number of rotatable bonds is 4. The van der Waals surface area contributed by atoms with Crippen molar-refractivity contribution in [1.29, 1.82) is 0 Å². The number of hydrogen-bond donors (Lipinski definition) is 1. The summed E-state index contributed by atoms with van der Waals surface area (Å²) in [6, 6.07) is 4.84. The number of terminal acetylenes is 1. The molecule has 0 saturated carbocycles. The van der Waals surface area contributed by atoms with Gasteiger partial charge < -0.3 is 9.88 Å². The summed E-state index contributed by atoms with van der Waals surface area (Å²) in [6.07, 6.45) is 6.00. The Morgan fingerprint density at radius 2 is 1.96 bits per heavy atom. The van der Waals surface area contributed by atoms with Crippen LogP contribution in [0.2, 0.25) is 0 Å². The van der Waals surface area contributed by atoms with Crippen molar-refractivity contribution in [3.05, 3.63) is 44.6 Å². The zero-order chi connectivity index (χ0) is 18.7. The van der Waals surface area contributed by atoms with Gasteiger partial charge in [-0.3, -0.25) is 19.1 Å². The van der Waals surface area contributed by atoms with E-state index in [0.717, 1.165) is 24.2 Å². The predicted octanol–water partition coefficient (Wildman–Crippen LogP) is 0.491. The molecule has 0 spiro atoms. The Labute approximate surface area is 151 Å². The van der Waals surface area contributed by atoms with Gasteiger partial charge in [-0.25, -0.2) is 4.79 Å². The third-order valence-electron chi connectivity index (χ3n) is 4.78. The molecule has 0 atom stereocenters. The lowest BCUT2D eigenvalue weighted by atomic mass is 10.1. The van der Waals surface area contributed by atoms with Crippen LogP contribution < -0.4 is 11.2 Å². The van der Waals surface area contributed by atoms with Crippen molar-refractivity contribution >= 4 is 16.8 Å². The lowest BCUT2D eigenvalue weighted by Crippen LogP contribution is -2.48. The van der Waals surface area contributed by atoms with E-state index < -0.39 is 5.69 Å². The minimum Gasteiger partial charge on any atom is -0.336 e. The van der Waals surface area contributed by atoms with Crippen LogP contribution in [0.25, 0.3) is 10.9 Å². The SMILES string of the molecule is C#CCCN1CCN(C(=O)c2ccc3c(=O)n(CC)c(=O)[nH]c3c2)CC1. The average Bonchev–Trinajstić information content (AvgIpc) is 2.66. The molecule has 1 aliphatic rings. The van der Waals surface area contributed by atoms with Crippen LogP contribution in [0.4, 0.5) is 0 Å². The number of hydrogen-bond acceptors (Lipinski definition) is 4. The van der Waals surface area contributed by atoms with Gasteiger partial charge in [-0.05, 0) is 25.1 Å². The normalized spacial score (nSPS) is 15.2. The highest BCUT2D eigenvalue weighted by molar-refractivity contribution is 5.97. The number of aromatic nitrogens is 2. The Kier molecular flexibility index (Phi) is 5.24. The lowest BCUT2D eigenvalue weighted by molar-refractivity contribution is 0.0640. The number of carbonyl (C=O) groups excluding carboxylic acids is 1. The van der Waals surface area contributed by atoms with Crippen molar-refractivity contribution < 1.29 is 4.79 Å². The molecule has 1 amide bonds. The quantitative estimate of drug-likeness (QED) is 0.811. The second-order valence-corrected chi connectivity index (χ2v) is 6.33. The maximum atomic E-state index is 12.8. The molecule has 26 heavy (non-hydrogen) atoms. The van der Waals surface area contributed by atoms with Gasteiger partial charge in [0.2, 0.25) is 0 Å². The van der Waals surface area contributed by atoms with Gasteiger partial charge in [0.15, 0.2) is 0 Å². The molecule has 1 fully saturated rings. The molecular weight excluding hydrogens is 332 g/mol. The Hall–Kier alpha value is -2.85. The summed E-state index contributed by atoms with van der Waals surface area (Å²) in [7, 11) is 0. The maximum absolute atomic E-state index is 12.8. The van der Waals surface area contributed by atoms with Crippen molar-refractivity contribution in [3.8, 4) is 12.3 Å². The number of H-pyrrole nitrogens is 1. The predicted molar refractivity (Wildman–Crippen MR) is 100 cm³/mol. The first-order valence-electron chi connectivity index (χ1n) is 8.77. The second kappa shape index (κ2) is 7.58. The molecule has 0 bridgehead atoms. The van der Waals surface area contributed by atoms with Crippen molar-refractivity contribution in [1.82, 2.24) is 19.4 Å². The van der Waals surface area contributed by atoms with Crippen LogP contribution >= 0.6 is 0 Å². The molecule has 1 aliphatic heterocycles. The molecular formula is C19H22N4O3. The lowest BCUT2D eigenvalue weighted by Gasteiger charge is -2.34. The molecule has 1 N–H and O–H groups in total. The second-order valence-electron chi connectivity index (χ2n) is 6.33. The molecule has 136 valence electrons. The van der Waals surface area contributed by atoms with Crippen molar-refractivity contribution in [2.75, 3.05) is 32.7 Å². The number of benzene rings is 1. The van der Waals surface area contributed by atoms with Gasteiger partial charge in [-0.15, -0.1) is 12.3 Å². The summed E-state index contributed by atoms with van der Waals surface area (Å²) in [5.41, 5.74) is 0.0613. The van der Waals surface area contributed by atoms with E-state index in [4.69, 9.17) is 6.42 Å². The fourth-order valence-corrected chi connectivity index (χ4v) is 3.25. The molecule has 7 heteroatoms. The van der Waals surface area contributed by atoms with E-state index in [0.29, 0.717) is 42.5 Å². The molecule has 0 aliphatic carbocycles. The van der Waals surface area contributed by atoms with Crippen LogP contribution in [0.15, 0.2) is 27.8 Å². The molecule has 1 aromatic carbocycles. The highest BCUT2D eigenvalue weighted by Gasteiger charge is 2.22. The van der Waals surface area contributed by atoms with Crippen LogP contribution in [0.1, 0.15) is 23.7 Å². The molecule has 2 aromatic rings. The van der Waals surface area contributed by atoms with E-state index in [2.05, 4.69) is 15.8 Å². The first-order valence-corrected chi connectivity index (χ1v) is 8.77. The third-order valence-corrected chi connectivity index (χ3v) is 4.78. The number of fused-ring (bicyclic) bond motifs is 1. The van der Waals surface area contributed by atoms with E-state index in [9.17, 15) is 14.4 Å². The Balaban J connectivity index is 1.81. The van der Waals surface area contributed by atoms with Crippen LogP contribution in [-0.2, 0) is 6.54 Å². The number of nitrogens with zero attached hydrogens (tertiary/aromatic N) is 3. The monoisotopic (exact) mass is 354 g/mol. The molecule has 0 unspecified atom stereocenters. The summed E-state index contributed by atoms with van der Waals surface area (Å²) in [4.78, 5) is 43.8. The minimum atomic E-state index is -0.461. The molecule has 3 rings (SSSR count). The number of piperazine rings is 1. The highest BCUT2D eigenvalue weighted by atomic mass is 16.2. The standard InChI is InChI=1S/C19H22N4O3/c1-3-5-8-21-9-11-22(12-10-21)17(24)14-6-7-15-16(13-14)20-19(26)23(4-2)18(15)25/h1,6-7,13H,4-5,8-12H2,2H3,(H,20,26). The fraction of sp³-hybridized carbons (Fsp3) is 0.421. The molecule has 7 nitrogen and oxygen atoms in total. The zero-order valence-electron chi connectivity index (χ0n) is 14.8. The summed E-state index contributed by atoms with van der Waals surface area (Å²) in [5, 5.41) is 0.405. The summed E-state index contributed by atoms with van der Waals surface area (Å²) in [6.45, 7) is 5.74. The van der Waals surface area contributed by atoms with Gasteiger partial charge in [-0.1, -0.05) is 0 Å².